The van der Waals surface area contributed by atoms with Gasteiger partial charge in [0.05, 0.1) is 11.4 Å². The molecule has 0 amide bonds. The van der Waals surface area contributed by atoms with Crippen LogP contribution in [0.25, 0.3) is 55.9 Å². The minimum atomic E-state index is -0.0576. The fraction of sp³-hybridized carbons (Fsp3) is 0.0682. The second-order valence-corrected chi connectivity index (χ2v) is 15.0. The molecule has 0 bridgehead atoms. The van der Waals surface area contributed by atoms with Gasteiger partial charge >= 0.3 is 0 Å². The Balaban J connectivity index is 1.13. The highest BCUT2D eigenvalue weighted by molar-refractivity contribution is 8.05. The first-order valence-corrected chi connectivity index (χ1v) is 17.7. The molecule has 224 valence electrons. The molecule has 0 saturated heterocycles. The molecule has 6 aromatic carbocycles. The molecule has 1 aliphatic carbocycles. The van der Waals surface area contributed by atoms with Gasteiger partial charge in [0.15, 0.2) is 0 Å². The third-order valence-electron chi connectivity index (χ3n) is 9.52. The summed E-state index contributed by atoms with van der Waals surface area (Å²) in [7, 11) is 0. The Kier molecular flexibility index (Phi) is 6.74. The van der Waals surface area contributed by atoms with Gasteiger partial charge in [0.2, 0.25) is 0 Å². The van der Waals surface area contributed by atoms with Crippen molar-refractivity contribution in [1.82, 2.24) is 4.98 Å². The maximum Gasteiger partial charge on any atom is 0.0715 e. The fourth-order valence-corrected chi connectivity index (χ4v) is 9.32. The molecule has 3 heteroatoms. The van der Waals surface area contributed by atoms with E-state index in [2.05, 4.69) is 166 Å². The molecule has 0 spiro atoms. The molecule has 0 unspecified atom stereocenters. The van der Waals surface area contributed by atoms with Gasteiger partial charge in [-0.15, -0.1) is 0 Å². The van der Waals surface area contributed by atoms with Gasteiger partial charge in [0, 0.05) is 36.1 Å². The zero-order valence-electron chi connectivity index (χ0n) is 26.2. The maximum absolute atomic E-state index is 5.19. The van der Waals surface area contributed by atoms with Crippen LogP contribution in [0, 0.1) is 0 Å². The summed E-state index contributed by atoms with van der Waals surface area (Å²) in [5.41, 5.74) is 14.4. The van der Waals surface area contributed by atoms with Crippen LogP contribution in [-0.2, 0) is 5.41 Å². The molecule has 1 aromatic heterocycles. The lowest BCUT2D eigenvalue weighted by Gasteiger charge is -2.24. The number of pyridine rings is 1. The van der Waals surface area contributed by atoms with Gasteiger partial charge in [0.25, 0.3) is 0 Å². The third-order valence-corrected chi connectivity index (χ3v) is 12.0. The number of aromatic nitrogens is 1. The highest BCUT2D eigenvalue weighted by Gasteiger charge is 2.37. The second-order valence-electron chi connectivity index (χ2n) is 12.8. The summed E-state index contributed by atoms with van der Waals surface area (Å²) in [6.45, 7) is 4.74. The van der Waals surface area contributed by atoms with Crippen LogP contribution in [0.4, 0.5) is 0 Å². The molecule has 0 atom stereocenters. The largest absolute Gasteiger partial charge is 0.248 e. The first kappa shape index (κ1) is 28.4. The lowest BCUT2D eigenvalue weighted by molar-refractivity contribution is 0.657. The molecule has 9 rings (SSSR count). The summed E-state index contributed by atoms with van der Waals surface area (Å²) in [4.78, 5) is 10.6. The Hall–Kier alpha value is -4.83. The van der Waals surface area contributed by atoms with Crippen LogP contribution in [-0.4, -0.2) is 4.98 Å². The van der Waals surface area contributed by atoms with Crippen LogP contribution in [0.3, 0.4) is 0 Å². The van der Waals surface area contributed by atoms with Crippen LogP contribution in [0.1, 0.15) is 25.0 Å². The quantitative estimate of drug-likeness (QED) is 0.191. The zero-order valence-corrected chi connectivity index (χ0v) is 27.8. The molecule has 2 heterocycles. The SMILES string of the molecule is CC1(C)c2ccc(-c3cccc(-c4cc(-c5ccccc5)cc(-c5ccccc5)n4)c3)cc2-c2cc3c(cc21)Sc1ccccc1S3. The normalized spacial score (nSPS) is 13.7. The van der Waals surface area contributed by atoms with Crippen LogP contribution in [0.2, 0.25) is 0 Å². The zero-order chi connectivity index (χ0) is 31.5. The van der Waals surface area contributed by atoms with Crippen LogP contribution in [0.5, 0.6) is 0 Å². The van der Waals surface area contributed by atoms with E-state index >= 15 is 0 Å². The van der Waals surface area contributed by atoms with Crippen LogP contribution >= 0.6 is 23.5 Å². The van der Waals surface area contributed by atoms with Gasteiger partial charge in [-0.25, -0.2) is 4.98 Å². The molecule has 47 heavy (non-hydrogen) atoms. The number of benzene rings is 6. The molecule has 1 nitrogen and oxygen atoms in total. The maximum atomic E-state index is 5.19. The molecular formula is C44H31NS2. The first-order valence-electron chi connectivity index (χ1n) is 16.0. The van der Waals surface area contributed by atoms with E-state index in [4.69, 9.17) is 4.98 Å². The van der Waals surface area contributed by atoms with Gasteiger partial charge in [-0.2, -0.15) is 0 Å². The van der Waals surface area contributed by atoms with Gasteiger partial charge in [0.1, 0.15) is 0 Å². The van der Waals surface area contributed by atoms with E-state index in [0.717, 1.165) is 22.5 Å². The molecule has 0 saturated carbocycles. The van der Waals surface area contributed by atoms with Crippen molar-refractivity contribution in [2.75, 3.05) is 0 Å². The van der Waals surface area contributed by atoms with Crippen molar-refractivity contribution in [2.45, 2.75) is 38.8 Å². The molecule has 0 radical (unpaired) electrons. The molecule has 1 aliphatic heterocycles. The third kappa shape index (κ3) is 4.93. The van der Waals surface area contributed by atoms with Crippen molar-refractivity contribution >= 4 is 23.5 Å². The summed E-state index contributed by atoms with van der Waals surface area (Å²) >= 11 is 3.79. The smallest absolute Gasteiger partial charge is 0.0715 e. The predicted molar refractivity (Wildman–Crippen MR) is 198 cm³/mol. The molecular weight excluding hydrogens is 607 g/mol. The van der Waals surface area contributed by atoms with Crippen LogP contribution < -0.4 is 0 Å². The highest BCUT2D eigenvalue weighted by Crippen LogP contribution is 2.56. The Morgan fingerprint density at radius 3 is 1.66 bits per heavy atom. The Bertz CT molecular complexity index is 2270. The highest BCUT2D eigenvalue weighted by atomic mass is 32.2. The van der Waals surface area contributed by atoms with Gasteiger partial charge < -0.3 is 0 Å². The number of rotatable bonds is 4. The van der Waals surface area contributed by atoms with Crippen molar-refractivity contribution in [3.63, 3.8) is 0 Å². The summed E-state index contributed by atoms with van der Waals surface area (Å²) in [5, 5.41) is 0. The lowest BCUT2D eigenvalue weighted by atomic mass is 9.82. The summed E-state index contributed by atoms with van der Waals surface area (Å²) in [6.07, 6.45) is 0. The summed E-state index contributed by atoms with van der Waals surface area (Å²) in [5.74, 6) is 0. The molecule has 0 N–H and O–H groups in total. The van der Waals surface area contributed by atoms with E-state index in [1.807, 2.05) is 23.5 Å². The van der Waals surface area contributed by atoms with Crippen molar-refractivity contribution in [2.24, 2.45) is 0 Å². The number of hydrogen-bond acceptors (Lipinski definition) is 3. The summed E-state index contributed by atoms with van der Waals surface area (Å²) in [6, 6.07) is 55.0. The van der Waals surface area contributed by atoms with E-state index in [9.17, 15) is 0 Å². The van der Waals surface area contributed by atoms with Crippen molar-refractivity contribution in [1.29, 1.82) is 0 Å². The monoisotopic (exact) mass is 637 g/mol. The number of fused-ring (bicyclic) bond motifs is 5. The fourth-order valence-electron chi connectivity index (χ4n) is 7.04. The van der Waals surface area contributed by atoms with E-state index in [1.165, 1.54) is 64.1 Å². The Morgan fingerprint density at radius 2 is 0.936 bits per heavy atom. The van der Waals surface area contributed by atoms with Gasteiger partial charge in [-0.1, -0.05) is 140 Å². The standard InChI is InChI=1S/C44H31NS2/c1-44(2)36-21-20-31(23-34(36)35-26-42-43(27-37(35)44)47-41-19-10-9-18-40(41)46-42)30-16-11-17-32(22-30)39-25-33(28-12-5-3-6-13-28)24-38(45-39)29-14-7-4-8-15-29/h3-27H,1-2H3. The lowest BCUT2D eigenvalue weighted by Crippen LogP contribution is -2.15. The average molecular weight is 638 g/mol. The summed E-state index contributed by atoms with van der Waals surface area (Å²) < 4.78 is 0. The van der Waals surface area contributed by atoms with Crippen molar-refractivity contribution < 1.29 is 0 Å². The van der Waals surface area contributed by atoms with E-state index < -0.39 is 0 Å². The molecule has 0 fully saturated rings. The van der Waals surface area contributed by atoms with Crippen molar-refractivity contribution in [3.05, 3.63) is 163 Å². The van der Waals surface area contributed by atoms with E-state index in [1.54, 1.807) is 0 Å². The predicted octanol–water partition coefficient (Wildman–Crippen LogP) is 12.7. The molecule has 2 aliphatic rings. The van der Waals surface area contributed by atoms with E-state index in [-0.39, 0.29) is 5.41 Å². The van der Waals surface area contributed by atoms with Gasteiger partial charge in [-0.3, -0.25) is 0 Å². The number of nitrogens with zero attached hydrogens (tertiary/aromatic N) is 1. The minimum Gasteiger partial charge on any atom is -0.248 e. The molecule has 7 aromatic rings. The second kappa shape index (κ2) is 11.2. The van der Waals surface area contributed by atoms with Gasteiger partial charge in [-0.05, 0) is 93.0 Å². The Labute approximate surface area is 284 Å². The first-order chi connectivity index (χ1) is 23.0. The van der Waals surface area contributed by atoms with Crippen molar-refractivity contribution in [3.8, 4) is 55.9 Å². The van der Waals surface area contributed by atoms with Crippen LogP contribution in [0.15, 0.2) is 171 Å². The minimum absolute atomic E-state index is 0.0576. The van der Waals surface area contributed by atoms with E-state index in [0.29, 0.717) is 0 Å². The number of hydrogen-bond donors (Lipinski definition) is 0. The Morgan fingerprint density at radius 1 is 0.383 bits per heavy atom. The topological polar surface area (TPSA) is 12.9 Å². The average Bonchev–Trinajstić information content (AvgIpc) is 3.35.